The van der Waals surface area contributed by atoms with E-state index in [1.54, 1.807) is 0 Å². The second kappa shape index (κ2) is 8.26. The first-order valence-electron chi connectivity index (χ1n) is 6.60. The minimum atomic E-state index is 0.305. The highest BCUT2D eigenvalue weighted by Crippen LogP contribution is 2.05. The minimum Gasteiger partial charge on any atom is -0.396 e. The fraction of sp³-hybridized carbons (Fsp3) is 0.600. The molecule has 1 aromatic rings. The molecule has 2 heteroatoms. The van der Waals surface area contributed by atoms with Crippen LogP contribution in [0, 0.1) is 5.92 Å². The second-order valence-corrected chi connectivity index (χ2v) is 4.97. The Morgan fingerprint density at radius 2 is 1.88 bits per heavy atom. The smallest absolute Gasteiger partial charge is 0.0456 e. The lowest BCUT2D eigenvalue weighted by molar-refractivity contribution is 0.227. The molecule has 2 nitrogen and oxygen atoms in total. The maximum absolute atomic E-state index is 8.92. The summed E-state index contributed by atoms with van der Waals surface area (Å²) in [5.41, 5.74) is 1.39. The van der Waals surface area contributed by atoms with E-state index in [1.807, 2.05) is 0 Å². The van der Waals surface area contributed by atoms with Gasteiger partial charge in [0.2, 0.25) is 0 Å². The molecular formula is C15H25NO. The second-order valence-electron chi connectivity index (χ2n) is 4.97. The van der Waals surface area contributed by atoms with E-state index in [1.165, 1.54) is 5.56 Å². The first-order chi connectivity index (χ1) is 8.22. The maximum Gasteiger partial charge on any atom is 0.0456 e. The van der Waals surface area contributed by atoms with Crippen LogP contribution in [0.5, 0.6) is 0 Å². The first kappa shape index (κ1) is 14.2. The van der Waals surface area contributed by atoms with Crippen LogP contribution in [0.2, 0.25) is 0 Å². The van der Waals surface area contributed by atoms with Gasteiger partial charge in [-0.1, -0.05) is 37.3 Å². The summed E-state index contributed by atoms with van der Waals surface area (Å²) in [6.07, 6.45) is 3.32. The summed E-state index contributed by atoms with van der Waals surface area (Å²) in [4.78, 5) is 0. The van der Waals surface area contributed by atoms with Gasteiger partial charge in [0.1, 0.15) is 0 Å². The van der Waals surface area contributed by atoms with E-state index in [2.05, 4.69) is 49.5 Å². The number of hydrogen-bond donors (Lipinski definition) is 2. The summed E-state index contributed by atoms with van der Waals surface area (Å²) in [7, 11) is 0. The zero-order valence-electron chi connectivity index (χ0n) is 11.0. The average Bonchev–Trinajstić information content (AvgIpc) is 2.35. The summed E-state index contributed by atoms with van der Waals surface area (Å²) in [6, 6.07) is 11.1. The van der Waals surface area contributed by atoms with E-state index in [-0.39, 0.29) is 0 Å². The van der Waals surface area contributed by atoms with Gasteiger partial charge in [0, 0.05) is 12.6 Å². The van der Waals surface area contributed by atoms with E-state index < -0.39 is 0 Å². The van der Waals surface area contributed by atoms with Gasteiger partial charge in [-0.3, -0.25) is 0 Å². The maximum atomic E-state index is 8.92. The Hall–Kier alpha value is -0.860. The minimum absolute atomic E-state index is 0.305. The molecule has 0 saturated heterocycles. The predicted octanol–water partition coefficient (Wildman–Crippen LogP) is 2.62. The molecular weight excluding hydrogens is 210 g/mol. The zero-order chi connectivity index (χ0) is 12.5. The molecule has 0 spiro atoms. The summed E-state index contributed by atoms with van der Waals surface area (Å²) in [5, 5.41) is 12.4. The molecule has 2 unspecified atom stereocenters. The van der Waals surface area contributed by atoms with Crippen LogP contribution < -0.4 is 5.32 Å². The molecule has 17 heavy (non-hydrogen) atoms. The monoisotopic (exact) mass is 235 g/mol. The van der Waals surface area contributed by atoms with Gasteiger partial charge in [0.25, 0.3) is 0 Å². The molecule has 0 aromatic heterocycles. The van der Waals surface area contributed by atoms with Crippen LogP contribution >= 0.6 is 0 Å². The highest BCUT2D eigenvalue weighted by molar-refractivity contribution is 5.15. The summed E-state index contributed by atoms with van der Waals surface area (Å²) < 4.78 is 0. The Morgan fingerprint density at radius 3 is 2.53 bits per heavy atom. The summed E-state index contributed by atoms with van der Waals surface area (Å²) in [6.45, 7) is 5.66. The van der Waals surface area contributed by atoms with Crippen molar-refractivity contribution in [2.45, 2.75) is 39.2 Å². The summed E-state index contributed by atoms with van der Waals surface area (Å²) in [5.74, 6) is 0.432. The Balaban J connectivity index is 2.11. The average molecular weight is 235 g/mol. The first-order valence-corrected chi connectivity index (χ1v) is 6.60. The van der Waals surface area contributed by atoms with Crippen LogP contribution in [0.3, 0.4) is 0 Å². The van der Waals surface area contributed by atoms with E-state index in [4.69, 9.17) is 5.11 Å². The van der Waals surface area contributed by atoms with Gasteiger partial charge in [0.05, 0.1) is 0 Å². The van der Waals surface area contributed by atoms with Crippen molar-refractivity contribution in [2.75, 3.05) is 13.2 Å². The van der Waals surface area contributed by atoms with Crippen molar-refractivity contribution in [2.24, 2.45) is 5.92 Å². The standard InChI is InChI=1S/C15H25NO/c1-13(12-17)7-6-10-16-14(2)11-15-8-4-3-5-9-15/h3-5,8-9,13-14,16-17H,6-7,10-12H2,1-2H3. The zero-order valence-corrected chi connectivity index (χ0v) is 11.0. The molecule has 0 saturated carbocycles. The van der Waals surface area contributed by atoms with Crippen molar-refractivity contribution in [1.82, 2.24) is 5.32 Å². The number of nitrogens with one attached hydrogen (secondary N) is 1. The molecule has 0 aliphatic carbocycles. The Kier molecular flexibility index (Phi) is 6.90. The topological polar surface area (TPSA) is 32.3 Å². The van der Waals surface area contributed by atoms with E-state index >= 15 is 0 Å². The van der Waals surface area contributed by atoms with E-state index in [0.717, 1.165) is 25.8 Å². The Labute approximate surface area is 105 Å². The molecule has 0 heterocycles. The van der Waals surface area contributed by atoms with Gasteiger partial charge in [-0.05, 0) is 44.2 Å². The van der Waals surface area contributed by atoms with Crippen LogP contribution in [-0.2, 0) is 6.42 Å². The van der Waals surface area contributed by atoms with Gasteiger partial charge in [-0.15, -0.1) is 0 Å². The third-order valence-electron chi connectivity index (χ3n) is 3.06. The quantitative estimate of drug-likeness (QED) is 0.679. The molecule has 2 N–H and O–H groups in total. The largest absolute Gasteiger partial charge is 0.396 e. The molecule has 0 aliphatic heterocycles. The molecule has 2 atom stereocenters. The number of rotatable bonds is 8. The van der Waals surface area contributed by atoms with Gasteiger partial charge in [-0.2, -0.15) is 0 Å². The van der Waals surface area contributed by atoms with Gasteiger partial charge >= 0.3 is 0 Å². The van der Waals surface area contributed by atoms with Crippen molar-refractivity contribution >= 4 is 0 Å². The fourth-order valence-electron chi connectivity index (χ4n) is 1.93. The van der Waals surface area contributed by atoms with Crippen molar-refractivity contribution in [1.29, 1.82) is 0 Å². The highest BCUT2D eigenvalue weighted by Gasteiger charge is 2.03. The van der Waals surface area contributed by atoms with Crippen LogP contribution in [0.15, 0.2) is 30.3 Å². The Morgan fingerprint density at radius 1 is 1.18 bits per heavy atom. The lowest BCUT2D eigenvalue weighted by Crippen LogP contribution is -2.29. The van der Waals surface area contributed by atoms with E-state index in [0.29, 0.717) is 18.6 Å². The molecule has 96 valence electrons. The van der Waals surface area contributed by atoms with Crippen molar-refractivity contribution < 1.29 is 5.11 Å². The van der Waals surface area contributed by atoms with Crippen LogP contribution in [0.4, 0.5) is 0 Å². The third-order valence-corrected chi connectivity index (χ3v) is 3.06. The van der Waals surface area contributed by atoms with Crippen molar-refractivity contribution in [3.05, 3.63) is 35.9 Å². The van der Waals surface area contributed by atoms with Gasteiger partial charge in [0.15, 0.2) is 0 Å². The lowest BCUT2D eigenvalue weighted by Gasteiger charge is -2.14. The molecule has 0 aliphatic rings. The fourth-order valence-corrected chi connectivity index (χ4v) is 1.93. The van der Waals surface area contributed by atoms with Gasteiger partial charge < -0.3 is 10.4 Å². The number of hydrogen-bond acceptors (Lipinski definition) is 2. The van der Waals surface area contributed by atoms with Gasteiger partial charge in [-0.25, -0.2) is 0 Å². The normalized spacial score (nSPS) is 14.5. The Bertz CT molecular complexity index is 286. The van der Waals surface area contributed by atoms with Crippen LogP contribution in [-0.4, -0.2) is 24.3 Å². The number of benzene rings is 1. The van der Waals surface area contributed by atoms with E-state index in [9.17, 15) is 0 Å². The van der Waals surface area contributed by atoms with Crippen molar-refractivity contribution in [3.8, 4) is 0 Å². The molecule has 0 radical (unpaired) electrons. The molecule has 1 rings (SSSR count). The number of aliphatic hydroxyl groups excluding tert-OH is 1. The van der Waals surface area contributed by atoms with Crippen LogP contribution in [0.1, 0.15) is 32.3 Å². The summed E-state index contributed by atoms with van der Waals surface area (Å²) >= 11 is 0. The predicted molar refractivity (Wildman–Crippen MR) is 73.1 cm³/mol. The lowest BCUT2D eigenvalue weighted by atomic mass is 10.1. The van der Waals surface area contributed by atoms with Crippen LogP contribution in [0.25, 0.3) is 0 Å². The molecule has 0 fully saturated rings. The third kappa shape index (κ3) is 6.44. The molecule has 1 aromatic carbocycles. The number of aliphatic hydroxyl groups is 1. The SMILES string of the molecule is CC(CO)CCCNC(C)Cc1ccccc1. The molecule has 0 bridgehead atoms. The highest BCUT2D eigenvalue weighted by atomic mass is 16.3. The van der Waals surface area contributed by atoms with Crippen molar-refractivity contribution in [3.63, 3.8) is 0 Å². The molecule has 0 amide bonds.